The number of nitrogens with zero attached hydrogens (tertiary/aromatic N) is 3. The van der Waals surface area contributed by atoms with Crippen LogP contribution in [0.3, 0.4) is 0 Å². The lowest BCUT2D eigenvalue weighted by atomic mass is 10.0. The van der Waals surface area contributed by atoms with E-state index in [1.165, 1.54) is 12.4 Å². The van der Waals surface area contributed by atoms with E-state index in [1.54, 1.807) is 24.3 Å². The molecule has 1 saturated heterocycles. The van der Waals surface area contributed by atoms with Crippen LogP contribution in [0.5, 0.6) is 0 Å². The number of nitrogens with one attached hydrogen (secondary N) is 2. The molecule has 31 heavy (non-hydrogen) atoms. The SMILES string of the molecule is CCN1CCC(=CC(=O)Nc2cc3c(Nc4cccc(Cl)c4)ncnc3cc2F)CC1. The Morgan fingerprint density at radius 2 is 2.03 bits per heavy atom. The third-order valence-corrected chi connectivity index (χ3v) is 5.59. The van der Waals surface area contributed by atoms with Crippen LogP contribution >= 0.6 is 11.6 Å². The third kappa shape index (κ3) is 5.18. The van der Waals surface area contributed by atoms with Crippen LogP contribution in [0, 0.1) is 5.82 Å². The molecule has 2 N–H and O–H groups in total. The molecular weight excluding hydrogens is 417 g/mol. The Kier molecular flexibility index (Phi) is 6.44. The van der Waals surface area contributed by atoms with Gasteiger partial charge in [0.05, 0.1) is 11.2 Å². The molecule has 0 radical (unpaired) electrons. The minimum Gasteiger partial charge on any atom is -0.340 e. The lowest BCUT2D eigenvalue weighted by Gasteiger charge is -2.26. The molecule has 4 rings (SSSR count). The fourth-order valence-electron chi connectivity index (χ4n) is 3.63. The van der Waals surface area contributed by atoms with Gasteiger partial charge < -0.3 is 15.5 Å². The lowest BCUT2D eigenvalue weighted by Crippen LogP contribution is -2.30. The molecule has 160 valence electrons. The van der Waals surface area contributed by atoms with Gasteiger partial charge in [-0.3, -0.25) is 4.79 Å². The molecule has 0 atom stereocenters. The van der Waals surface area contributed by atoms with E-state index in [4.69, 9.17) is 11.6 Å². The highest BCUT2D eigenvalue weighted by atomic mass is 35.5. The van der Waals surface area contributed by atoms with E-state index in [0.29, 0.717) is 21.7 Å². The summed E-state index contributed by atoms with van der Waals surface area (Å²) >= 11 is 6.05. The summed E-state index contributed by atoms with van der Waals surface area (Å²) in [5, 5.41) is 7.01. The van der Waals surface area contributed by atoms with Crippen LogP contribution in [0.2, 0.25) is 5.02 Å². The van der Waals surface area contributed by atoms with E-state index in [1.807, 2.05) is 12.1 Å². The van der Waals surface area contributed by atoms with Gasteiger partial charge in [0.25, 0.3) is 0 Å². The largest absolute Gasteiger partial charge is 0.340 e. The number of likely N-dealkylation sites (tertiary alicyclic amines) is 1. The van der Waals surface area contributed by atoms with Crippen molar-refractivity contribution in [3.8, 4) is 0 Å². The van der Waals surface area contributed by atoms with Crippen LogP contribution in [0.4, 0.5) is 21.6 Å². The number of rotatable bonds is 5. The monoisotopic (exact) mass is 439 g/mol. The van der Waals surface area contributed by atoms with E-state index >= 15 is 0 Å². The Balaban J connectivity index is 1.57. The summed E-state index contributed by atoms with van der Waals surface area (Å²) in [6.07, 6.45) is 4.65. The van der Waals surface area contributed by atoms with E-state index in [9.17, 15) is 9.18 Å². The van der Waals surface area contributed by atoms with Crippen molar-refractivity contribution in [3.05, 3.63) is 65.2 Å². The Morgan fingerprint density at radius 1 is 1.23 bits per heavy atom. The van der Waals surface area contributed by atoms with Crippen molar-refractivity contribution < 1.29 is 9.18 Å². The summed E-state index contributed by atoms with van der Waals surface area (Å²) in [4.78, 5) is 23.3. The smallest absolute Gasteiger partial charge is 0.248 e. The van der Waals surface area contributed by atoms with Gasteiger partial charge in [0.1, 0.15) is 18.0 Å². The number of carbonyl (C=O) groups excluding carboxylic acids is 1. The molecule has 1 fully saturated rings. The van der Waals surface area contributed by atoms with Crippen molar-refractivity contribution in [2.24, 2.45) is 0 Å². The molecule has 1 aliphatic rings. The number of hydrogen-bond acceptors (Lipinski definition) is 5. The maximum absolute atomic E-state index is 14.6. The number of carbonyl (C=O) groups is 1. The number of benzene rings is 2. The first kappa shape index (κ1) is 21.2. The van der Waals surface area contributed by atoms with Crippen LogP contribution in [0.25, 0.3) is 10.9 Å². The van der Waals surface area contributed by atoms with E-state index in [2.05, 4.69) is 32.4 Å². The van der Waals surface area contributed by atoms with E-state index in [0.717, 1.165) is 43.7 Å². The fraction of sp³-hybridized carbons (Fsp3) is 0.261. The summed E-state index contributed by atoms with van der Waals surface area (Å²) in [5.41, 5.74) is 2.34. The van der Waals surface area contributed by atoms with Gasteiger partial charge in [-0.05, 0) is 43.7 Å². The number of aromatic nitrogens is 2. The first-order chi connectivity index (χ1) is 15.0. The highest BCUT2D eigenvalue weighted by Gasteiger charge is 2.15. The average molecular weight is 440 g/mol. The molecule has 8 heteroatoms. The first-order valence-corrected chi connectivity index (χ1v) is 10.6. The predicted molar refractivity (Wildman–Crippen MR) is 122 cm³/mol. The Hall–Kier alpha value is -3.03. The molecule has 6 nitrogen and oxygen atoms in total. The molecule has 1 aromatic heterocycles. The van der Waals surface area contributed by atoms with Crippen LogP contribution in [0.15, 0.2) is 54.4 Å². The molecule has 0 bridgehead atoms. The van der Waals surface area contributed by atoms with E-state index in [-0.39, 0.29) is 11.6 Å². The van der Waals surface area contributed by atoms with Crippen LogP contribution in [-0.2, 0) is 4.79 Å². The number of halogens is 2. The average Bonchev–Trinajstić information content (AvgIpc) is 2.75. The summed E-state index contributed by atoms with van der Waals surface area (Å²) < 4.78 is 14.6. The van der Waals surface area contributed by atoms with E-state index < -0.39 is 5.82 Å². The van der Waals surface area contributed by atoms with Gasteiger partial charge in [0.2, 0.25) is 5.91 Å². The molecule has 0 unspecified atom stereocenters. The molecule has 0 saturated carbocycles. The second-order valence-electron chi connectivity index (χ2n) is 7.43. The predicted octanol–water partition coefficient (Wildman–Crippen LogP) is 5.15. The number of amides is 1. The van der Waals surface area contributed by atoms with Crippen LogP contribution in [0.1, 0.15) is 19.8 Å². The molecule has 0 spiro atoms. The topological polar surface area (TPSA) is 70.2 Å². The summed E-state index contributed by atoms with van der Waals surface area (Å²) in [6, 6.07) is 10.0. The van der Waals surface area contributed by atoms with Crippen molar-refractivity contribution in [1.29, 1.82) is 0 Å². The molecule has 2 aromatic carbocycles. The third-order valence-electron chi connectivity index (χ3n) is 5.35. The molecular formula is C23H23ClFN5O. The minimum atomic E-state index is -0.549. The van der Waals surface area contributed by atoms with Crippen molar-refractivity contribution in [1.82, 2.24) is 14.9 Å². The molecule has 2 heterocycles. The van der Waals surface area contributed by atoms with Crippen molar-refractivity contribution in [2.45, 2.75) is 19.8 Å². The van der Waals surface area contributed by atoms with Gasteiger partial charge in [0.15, 0.2) is 0 Å². The summed E-state index contributed by atoms with van der Waals surface area (Å²) in [7, 11) is 0. The number of hydrogen-bond donors (Lipinski definition) is 2. The highest BCUT2D eigenvalue weighted by molar-refractivity contribution is 6.30. The Morgan fingerprint density at radius 3 is 2.77 bits per heavy atom. The first-order valence-electron chi connectivity index (χ1n) is 10.2. The molecule has 1 amide bonds. The zero-order chi connectivity index (χ0) is 21.8. The second-order valence-corrected chi connectivity index (χ2v) is 7.87. The second kappa shape index (κ2) is 9.41. The van der Waals surface area contributed by atoms with Gasteiger partial charge >= 0.3 is 0 Å². The normalized spacial score (nSPS) is 14.5. The van der Waals surface area contributed by atoms with Crippen molar-refractivity contribution >= 4 is 45.6 Å². The summed E-state index contributed by atoms with van der Waals surface area (Å²) in [5.74, 6) is -0.389. The number of piperidine rings is 1. The van der Waals surface area contributed by atoms with Crippen molar-refractivity contribution in [3.63, 3.8) is 0 Å². The minimum absolute atomic E-state index is 0.0873. The van der Waals surface area contributed by atoms with Gasteiger partial charge in [0, 0.05) is 41.3 Å². The quantitative estimate of drug-likeness (QED) is 0.538. The van der Waals surface area contributed by atoms with Crippen LogP contribution < -0.4 is 10.6 Å². The van der Waals surface area contributed by atoms with Crippen molar-refractivity contribution in [2.75, 3.05) is 30.3 Å². The Bertz CT molecular complexity index is 1140. The number of anilines is 3. The van der Waals surface area contributed by atoms with Gasteiger partial charge in [-0.25, -0.2) is 14.4 Å². The maximum atomic E-state index is 14.6. The van der Waals surface area contributed by atoms with Crippen LogP contribution in [-0.4, -0.2) is 40.4 Å². The Labute approximate surface area is 185 Å². The van der Waals surface area contributed by atoms with Gasteiger partial charge in [-0.1, -0.05) is 30.2 Å². The zero-order valence-electron chi connectivity index (χ0n) is 17.2. The molecule has 3 aromatic rings. The van der Waals surface area contributed by atoms with Gasteiger partial charge in [-0.15, -0.1) is 0 Å². The zero-order valence-corrected chi connectivity index (χ0v) is 17.9. The standard InChI is InChI=1S/C23H23ClFN5O/c1-2-30-8-6-15(7-9-30)10-22(31)29-21-12-18-20(13-19(21)25)26-14-27-23(18)28-17-5-3-4-16(24)11-17/h3-5,10-14H,2,6-9H2,1H3,(H,29,31)(H,26,27,28). The molecule has 0 aliphatic carbocycles. The fourth-order valence-corrected chi connectivity index (χ4v) is 3.82. The lowest BCUT2D eigenvalue weighted by molar-refractivity contribution is -0.112. The highest BCUT2D eigenvalue weighted by Crippen LogP contribution is 2.29. The van der Waals surface area contributed by atoms with Gasteiger partial charge in [-0.2, -0.15) is 0 Å². The number of fused-ring (bicyclic) bond motifs is 1. The summed E-state index contributed by atoms with van der Waals surface area (Å²) in [6.45, 7) is 5.02. The maximum Gasteiger partial charge on any atom is 0.248 e. The molecule has 1 aliphatic heterocycles.